The van der Waals surface area contributed by atoms with Crippen LogP contribution in [0.5, 0.6) is 0 Å². The maximum absolute atomic E-state index is 12.9. The van der Waals surface area contributed by atoms with Crippen molar-refractivity contribution in [2.75, 3.05) is 13.1 Å². The molecule has 1 aromatic carbocycles. The lowest BCUT2D eigenvalue weighted by molar-refractivity contribution is -0.133. The van der Waals surface area contributed by atoms with Crippen LogP contribution in [-0.2, 0) is 4.79 Å². The smallest absolute Gasteiger partial charge is 0.222 e. The molecule has 0 aromatic heterocycles. The van der Waals surface area contributed by atoms with E-state index in [2.05, 4.69) is 6.58 Å². The number of aliphatic hydroxyl groups is 1. The second-order valence-electron chi connectivity index (χ2n) is 5.54. The van der Waals surface area contributed by atoms with Crippen LogP contribution in [-0.4, -0.2) is 29.0 Å². The van der Waals surface area contributed by atoms with E-state index in [4.69, 9.17) is 0 Å². The van der Waals surface area contributed by atoms with Crippen molar-refractivity contribution in [2.45, 2.75) is 31.8 Å². The van der Waals surface area contributed by atoms with Crippen molar-refractivity contribution in [2.24, 2.45) is 5.92 Å². The summed E-state index contributed by atoms with van der Waals surface area (Å²) in [6.07, 6.45) is 3.93. The lowest BCUT2D eigenvalue weighted by atomic mass is 9.87. The summed E-state index contributed by atoms with van der Waals surface area (Å²) >= 11 is 0. The van der Waals surface area contributed by atoms with Crippen LogP contribution in [0.25, 0.3) is 0 Å². The van der Waals surface area contributed by atoms with Crippen LogP contribution in [0.2, 0.25) is 0 Å². The molecule has 0 spiro atoms. The highest BCUT2D eigenvalue weighted by Crippen LogP contribution is 2.31. The van der Waals surface area contributed by atoms with Gasteiger partial charge in [-0.3, -0.25) is 4.79 Å². The summed E-state index contributed by atoms with van der Waals surface area (Å²) in [6.45, 7) is 4.98. The van der Waals surface area contributed by atoms with Gasteiger partial charge in [0.2, 0.25) is 5.91 Å². The highest BCUT2D eigenvalue weighted by atomic mass is 19.1. The fraction of sp³-hybridized carbons (Fsp3) is 0.471. The van der Waals surface area contributed by atoms with Crippen LogP contribution in [0.4, 0.5) is 4.39 Å². The predicted molar refractivity (Wildman–Crippen MR) is 80.1 cm³/mol. The third-order valence-corrected chi connectivity index (χ3v) is 4.11. The molecule has 1 aromatic rings. The normalized spacial score (nSPS) is 17.5. The lowest BCUT2D eigenvalue weighted by Crippen LogP contribution is -2.39. The zero-order valence-corrected chi connectivity index (χ0v) is 12.2. The molecule has 0 radical (unpaired) electrons. The molecule has 1 aliphatic rings. The second-order valence-corrected chi connectivity index (χ2v) is 5.54. The van der Waals surface area contributed by atoms with Gasteiger partial charge in [-0.25, -0.2) is 4.39 Å². The Morgan fingerprint density at radius 1 is 1.38 bits per heavy atom. The van der Waals surface area contributed by atoms with Crippen molar-refractivity contribution in [1.82, 2.24) is 4.90 Å². The standard InChI is InChI=1S/C17H22FNO2/c1-2-3-4-16(20)19-11-9-14(10-12-19)17(21)13-5-7-15(18)8-6-13/h2,5-8,14,17,21H,1,3-4,9-12H2. The Hall–Kier alpha value is -1.68. The lowest BCUT2D eigenvalue weighted by Gasteiger charge is -2.34. The molecule has 21 heavy (non-hydrogen) atoms. The predicted octanol–water partition coefficient (Wildman–Crippen LogP) is 3.06. The monoisotopic (exact) mass is 291 g/mol. The fourth-order valence-electron chi connectivity index (χ4n) is 2.78. The molecule has 1 N–H and O–H groups in total. The number of benzene rings is 1. The first-order valence-electron chi connectivity index (χ1n) is 7.44. The molecule has 1 fully saturated rings. The van der Waals surface area contributed by atoms with Gasteiger partial charge in [0.15, 0.2) is 0 Å². The van der Waals surface area contributed by atoms with Crippen LogP contribution in [0, 0.1) is 11.7 Å². The van der Waals surface area contributed by atoms with Gasteiger partial charge in [0, 0.05) is 19.5 Å². The first-order chi connectivity index (χ1) is 10.1. The number of likely N-dealkylation sites (tertiary alicyclic amines) is 1. The Morgan fingerprint density at radius 2 is 2.00 bits per heavy atom. The third-order valence-electron chi connectivity index (χ3n) is 4.11. The van der Waals surface area contributed by atoms with Gasteiger partial charge in [-0.15, -0.1) is 6.58 Å². The van der Waals surface area contributed by atoms with Crippen molar-refractivity contribution in [3.63, 3.8) is 0 Å². The topological polar surface area (TPSA) is 40.5 Å². The number of aliphatic hydroxyl groups excluding tert-OH is 1. The van der Waals surface area contributed by atoms with E-state index in [0.29, 0.717) is 25.9 Å². The molecule has 1 atom stereocenters. The zero-order chi connectivity index (χ0) is 15.2. The number of piperidine rings is 1. The molecule has 4 heteroatoms. The maximum atomic E-state index is 12.9. The second kappa shape index (κ2) is 7.36. The van der Waals surface area contributed by atoms with Gasteiger partial charge in [-0.2, -0.15) is 0 Å². The van der Waals surface area contributed by atoms with Gasteiger partial charge in [0.1, 0.15) is 5.82 Å². The molecule has 1 amide bonds. The van der Waals surface area contributed by atoms with Crippen LogP contribution in [0.15, 0.2) is 36.9 Å². The molecule has 1 heterocycles. The Balaban J connectivity index is 1.87. The van der Waals surface area contributed by atoms with Crippen LogP contribution >= 0.6 is 0 Å². The van der Waals surface area contributed by atoms with Gasteiger partial charge < -0.3 is 10.0 Å². The number of halogens is 1. The Kier molecular flexibility index (Phi) is 5.51. The van der Waals surface area contributed by atoms with Gasteiger partial charge in [0.05, 0.1) is 6.10 Å². The van der Waals surface area contributed by atoms with Gasteiger partial charge >= 0.3 is 0 Å². The summed E-state index contributed by atoms with van der Waals surface area (Å²) in [4.78, 5) is 13.8. The van der Waals surface area contributed by atoms with Crippen LogP contribution in [0.1, 0.15) is 37.4 Å². The number of carbonyl (C=O) groups excluding carboxylic acids is 1. The molecule has 1 aliphatic heterocycles. The number of amides is 1. The summed E-state index contributed by atoms with van der Waals surface area (Å²) < 4.78 is 12.9. The molecule has 3 nitrogen and oxygen atoms in total. The fourth-order valence-corrected chi connectivity index (χ4v) is 2.78. The summed E-state index contributed by atoms with van der Waals surface area (Å²) in [5, 5.41) is 10.4. The molecule has 114 valence electrons. The minimum absolute atomic E-state index is 0.124. The number of allylic oxidation sites excluding steroid dienone is 1. The summed E-state index contributed by atoms with van der Waals surface area (Å²) in [5.74, 6) is -0.0166. The molecule has 0 aliphatic carbocycles. The SMILES string of the molecule is C=CCCC(=O)N1CCC(C(O)c2ccc(F)cc2)CC1. The molecular formula is C17H22FNO2. The first-order valence-corrected chi connectivity index (χ1v) is 7.44. The average molecular weight is 291 g/mol. The van der Waals surface area contributed by atoms with E-state index in [0.717, 1.165) is 18.4 Å². The minimum atomic E-state index is -0.587. The number of hydrogen-bond acceptors (Lipinski definition) is 2. The van der Waals surface area contributed by atoms with Crippen molar-refractivity contribution in [3.05, 3.63) is 48.3 Å². The summed E-state index contributed by atoms with van der Waals surface area (Å²) in [6, 6.07) is 5.99. The number of carbonyl (C=O) groups is 1. The van der Waals surface area contributed by atoms with Gasteiger partial charge in [-0.05, 0) is 42.9 Å². The van der Waals surface area contributed by atoms with Crippen molar-refractivity contribution < 1.29 is 14.3 Å². The van der Waals surface area contributed by atoms with E-state index in [1.165, 1.54) is 12.1 Å². The number of rotatable bonds is 5. The van der Waals surface area contributed by atoms with E-state index < -0.39 is 6.10 Å². The van der Waals surface area contributed by atoms with E-state index in [1.54, 1.807) is 18.2 Å². The van der Waals surface area contributed by atoms with E-state index in [-0.39, 0.29) is 17.6 Å². The minimum Gasteiger partial charge on any atom is -0.388 e. The summed E-state index contributed by atoms with van der Waals surface area (Å²) in [5.41, 5.74) is 0.743. The maximum Gasteiger partial charge on any atom is 0.222 e. The largest absolute Gasteiger partial charge is 0.388 e. The highest BCUT2D eigenvalue weighted by molar-refractivity contribution is 5.76. The van der Waals surface area contributed by atoms with Crippen molar-refractivity contribution >= 4 is 5.91 Å². The molecule has 0 bridgehead atoms. The molecule has 0 saturated carbocycles. The Morgan fingerprint density at radius 3 is 2.57 bits per heavy atom. The Labute approximate surface area is 125 Å². The Bertz CT molecular complexity index is 478. The number of nitrogens with zero attached hydrogens (tertiary/aromatic N) is 1. The van der Waals surface area contributed by atoms with Gasteiger partial charge in [-0.1, -0.05) is 18.2 Å². The van der Waals surface area contributed by atoms with Crippen LogP contribution < -0.4 is 0 Å². The third kappa shape index (κ3) is 4.14. The zero-order valence-electron chi connectivity index (χ0n) is 12.2. The molecule has 1 unspecified atom stereocenters. The quantitative estimate of drug-likeness (QED) is 0.847. The van der Waals surface area contributed by atoms with Crippen molar-refractivity contribution in [3.8, 4) is 0 Å². The summed E-state index contributed by atoms with van der Waals surface area (Å²) in [7, 11) is 0. The van der Waals surface area contributed by atoms with Crippen molar-refractivity contribution in [1.29, 1.82) is 0 Å². The van der Waals surface area contributed by atoms with Gasteiger partial charge in [0.25, 0.3) is 0 Å². The van der Waals surface area contributed by atoms with E-state index in [9.17, 15) is 14.3 Å². The number of hydrogen-bond donors (Lipinski definition) is 1. The van der Waals surface area contributed by atoms with E-state index in [1.807, 2.05) is 4.90 Å². The molecule has 2 rings (SSSR count). The van der Waals surface area contributed by atoms with Crippen LogP contribution in [0.3, 0.4) is 0 Å². The molecular weight excluding hydrogens is 269 g/mol. The average Bonchev–Trinajstić information content (AvgIpc) is 2.53. The highest BCUT2D eigenvalue weighted by Gasteiger charge is 2.27. The first kappa shape index (κ1) is 15.7. The van der Waals surface area contributed by atoms with E-state index >= 15 is 0 Å². The molecule has 1 saturated heterocycles.